The molecular formula is C15H17Cl2N3. The number of pyridine rings is 1. The Balaban J connectivity index is 2.26. The second-order valence-electron chi connectivity index (χ2n) is 4.69. The topological polar surface area (TPSA) is 42.2 Å². The lowest BCUT2D eigenvalue weighted by atomic mass is 10.1. The molecule has 1 unspecified atom stereocenters. The molecule has 1 aromatic carbocycles. The van der Waals surface area contributed by atoms with Crippen LogP contribution in [-0.2, 0) is 6.54 Å². The van der Waals surface area contributed by atoms with E-state index in [0.717, 1.165) is 22.0 Å². The Morgan fingerprint density at radius 3 is 2.45 bits per heavy atom. The zero-order valence-corrected chi connectivity index (χ0v) is 13.0. The molecule has 0 radical (unpaired) electrons. The Morgan fingerprint density at radius 2 is 1.90 bits per heavy atom. The Labute approximate surface area is 129 Å². The van der Waals surface area contributed by atoms with Crippen LogP contribution in [-0.4, -0.2) is 12.0 Å². The van der Waals surface area contributed by atoms with Crippen LogP contribution < -0.4 is 10.6 Å². The van der Waals surface area contributed by atoms with Gasteiger partial charge in [-0.2, -0.15) is 0 Å². The van der Waals surface area contributed by atoms with Crippen molar-refractivity contribution in [1.29, 1.82) is 0 Å². The van der Waals surface area contributed by atoms with Gasteiger partial charge in [-0.25, -0.2) is 4.98 Å². The van der Waals surface area contributed by atoms with Crippen molar-refractivity contribution in [1.82, 2.24) is 4.98 Å². The van der Waals surface area contributed by atoms with E-state index >= 15 is 0 Å². The van der Waals surface area contributed by atoms with E-state index in [-0.39, 0.29) is 6.04 Å². The molecule has 2 aromatic rings. The molecule has 5 heteroatoms. The molecule has 0 aliphatic carbocycles. The summed E-state index contributed by atoms with van der Waals surface area (Å²) in [5.74, 6) is 0.742. The van der Waals surface area contributed by atoms with Gasteiger partial charge in [-0.3, -0.25) is 0 Å². The van der Waals surface area contributed by atoms with Crippen molar-refractivity contribution in [2.24, 2.45) is 5.73 Å². The van der Waals surface area contributed by atoms with E-state index in [1.165, 1.54) is 0 Å². The Bertz CT molecular complexity index is 584. The molecule has 106 valence electrons. The molecular weight excluding hydrogens is 293 g/mol. The van der Waals surface area contributed by atoms with Gasteiger partial charge in [-0.05, 0) is 36.2 Å². The van der Waals surface area contributed by atoms with Crippen molar-refractivity contribution in [2.75, 3.05) is 11.9 Å². The van der Waals surface area contributed by atoms with E-state index in [9.17, 15) is 0 Å². The first kappa shape index (κ1) is 15.1. The fraction of sp³-hybridized carbons (Fsp3) is 0.267. The number of hydrogen-bond donors (Lipinski definition) is 1. The Kier molecular flexibility index (Phi) is 4.86. The van der Waals surface area contributed by atoms with Crippen LogP contribution in [0.3, 0.4) is 0 Å². The first-order chi connectivity index (χ1) is 9.52. The van der Waals surface area contributed by atoms with Gasteiger partial charge in [0.2, 0.25) is 0 Å². The summed E-state index contributed by atoms with van der Waals surface area (Å²) in [5, 5.41) is 1.34. The highest BCUT2D eigenvalue weighted by molar-refractivity contribution is 6.33. The summed E-state index contributed by atoms with van der Waals surface area (Å²) in [4.78, 5) is 6.43. The molecule has 0 spiro atoms. The molecule has 0 fully saturated rings. The lowest BCUT2D eigenvalue weighted by molar-refractivity contribution is 0.728. The zero-order valence-electron chi connectivity index (χ0n) is 11.5. The smallest absolute Gasteiger partial charge is 0.147 e. The third kappa shape index (κ3) is 3.23. The highest BCUT2D eigenvalue weighted by atomic mass is 35.5. The quantitative estimate of drug-likeness (QED) is 0.926. The summed E-state index contributed by atoms with van der Waals surface area (Å²) >= 11 is 12.2. The molecule has 1 heterocycles. The molecule has 2 N–H and O–H groups in total. The lowest BCUT2D eigenvalue weighted by Gasteiger charge is -2.27. The maximum Gasteiger partial charge on any atom is 0.147 e. The summed E-state index contributed by atoms with van der Waals surface area (Å²) in [7, 11) is 1.97. The van der Waals surface area contributed by atoms with E-state index in [1.54, 1.807) is 6.20 Å². The average Bonchev–Trinajstić information content (AvgIpc) is 2.46. The third-order valence-electron chi connectivity index (χ3n) is 3.38. The molecule has 0 amide bonds. The van der Waals surface area contributed by atoms with Gasteiger partial charge in [0.05, 0.1) is 11.1 Å². The van der Waals surface area contributed by atoms with Crippen LogP contribution in [0.1, 0.15) is 24.1 Å². The van der Waals surface area contributed by atoms with Crippen LogP contribution in [0.15, 0.2) is 36.5 Å². The van der Waals surface area contributed by atoms with Crippen LogP contribution in [0, 0.1) is 0 Å². The molecule has 1 atom stereocenters. The van der Waals surface area contributed by atoms with Gasteiger partial charge in [-0.1, -0.05) is 35.3 Å². The van der Waals surface area contributed by atoms with Crippen LogP contribution in [0.25, 0.3) is 0 Å². The van der Waals surface area contributed by atoms with Crippen molar-refractivity contribution in [3.8, 4) is 0 Å². The Hall–Kier alpha value is -1.29. The minimum Gasteiger partial charge on any atom is -0.352 e. The molecule has 0 aliphatic rings. The summed E-state index contributed by atoms with van der Waals surface area (Å²) in [6.07, 6.45) is 1.76. The van der Waals surface area contributed by atoms with Crippen LogP contribution in [0.4, 0.5) is 5.82 Å². The van der Waals surface area contributed by atoms with Gasteiger partial charge in [-0.15, -0.1) is 0 Å². The Morgan fingerprint density at radius 1 is 1.25 bits per heavy atom. The first-order valence-corrected chi connectivity index (χ1v) is 7.11. The maximum atomic E-state index is 6.28. The van der Waals surface area contributed by atoms with Crippen molar-refractivity contribution >= 4 is 29.0 Å². The second kappa shape index (κ2) is 6.44. The summed E-state index contributed by atoms with van der Waals surface area (Å²) < 4.78 is 0. The second-order valence-corrected chi connectivity index (χ2v) is 5.54. The van der Waals surface area contributed by atoms with Gasteiger partial charge in [0, 0.05) is 24.8 Å². The number of nitrogens with two attached hydrogens (primary N) is 1. The van der Waals surface area contributed by atoms with Crippen LogP contribution in [0.5, 0.6) is 0 Å². The fourth-order valence-electron chi connectivity index (χ4n) is 1.99. The van der Waals surface area contributed by atoms with Gasteiger partial charge >= 0.3 is 0 Å². The molecule has 1 aromatic heterocycles. The van der Waals surface area contributed by atoms with E-state index in [2.05, 4.69) is 11.9 Å². The van der Waals surface area contributed by atoms with Gasteiger partial charge in [0.1, 0.15) is 5.82 Å². The van der Waals surface area contributed by atoms with E-state index < -0.39 is 0 Å². The molecule has 3 nitrogen and oxygen atoms in total. The monoisotopic (exact) mass is 309 g/mol. The standard InChI is InChI=1S/C15H17Cl2N3/c1-10(12-3-5-13(16)6-4-12)20(2)15-14(17)7-11(8-18)9-19-15/h3-7,9-10H,8,18H2,1-2H3. The van der Waals surface area contributed by atoms with Crippen molar-refractivity contribution in [3.63, 3.8) is 0 Å². The van der Waals surface area contributed by atoms with Gasteiger partial charge in [0.25, 0.3) is 0 Å². The van der Waals surface area contributed by atoms with E-state index in [0.29, 0.717) is 11.6 Å². The van der Waals surface area contributed by atoms with E-state index in [4.69, 9.17) is 28.9 Å². The SMILES string of the molecule is CC(c1ccc(Cl)cc1)N(C)c1ncc(CN)cc1Cl. The van der Waals surface area contributed by atoms with Crippen LogP contribution >= 0.6 is 23.2 Å². The minimum atomic E-state index is 0.140. The largest absolute Gasteiger partial charge is 0.352 e. The lowest BCUT2D eigenvalue weighted by Crippen LogP contribution is -2.23. The number of hydrogen-bond acceptors (Lipinski definition) is 3. The van der Waals surface area contributed by atoms with Crippen LogP contribution in [0.2, 0.25) is 10.0 Å². The summed E-state index contributed by atoms with van der Waals surface area (Å²) in [5.41, 5.74) is 7.66. The molecule has 0 saturated heterocycles. The summed E-state index contributed by atoms with van der Waals surface area (Å²) in [6.45, 7) is 2.53. The predicted molar refractivity (Wildman–Crippen MR) is 85.4 cm³/mol. The minimum absolute atomic E-state index is 0.140. The number of benzene rings is 1. The van der Waals surface area contributed by atoms with Crippen molar-refractivity contribution < 1.29 is 0 Å². The summed E-state index contributed by atoms with van der Waals surface area (Å²) in [6, 6.07) is 9.77. The number of halogens is 2. The number of nitrogens with zero attached hydrogens (tertiary/aromatic N) is 2. The molecule has 2 rings (SSSR count). The predicted octanol–water partition coefficient (Wildman–Crippen LogP) is 4.04. The van der Waals surface area contributed by atoms with E-state index in [1.807, 2.05) is 42.3 Å². The normalized spacial score (nSPS) is 12.2. The fourth-order valence-corrected chi connectivity index (χ4v) is 2.44. The number of rotatable bonds is 4. The van der Waals surface area contributed by atoms with Gasteiger partial charge in [0.15, 0.2) is 0 Å². The molecule has 0 saturated carbocycles. The van der Waals surface area contributed by atoms with Crippen molar-refractivity contribution in [3.05, 3.63) is 57.7 Å². The van der Waals surface area contributed by atoms with Gasteiger partial charge < -0.3 is 10.6 Å². The first-order valence-electron chi connectivity index (χ1n) is 6.35. The maximum absolute atomic E-state index is 6.28. The number of anilines is 1. The molecule has 0 bridgehead atoms. The average molecular weight is 310 g/mol. The number of aromatic nitrogens is 1. The molecule has 0 aliphatic heterocycles. The molecule has 20 heavy (non-hydrogen) atoms. The highest BCUT2D eigenvalue weighted by Crippen LogP contribution is 2.30. The third-order valence-corrected chi connectivity index (χ3v) is 3.91. The zero-order chi connectivity index (χ0) is 14.7. The van der Waals surface area contributed by atoms with Crippen molar-refractivity contribution in [2.45, 2.75) is 19.5 Å². The highest BCUT2D eigenvalue weighted by Gasteiger charge is 2.16.